The molecule has 48 heavy (non-hydrogen) atoms. The molecule has 6 rings (SSSR count). The third-order valence-corrected chi connectivity index (χ3v) is 6.78. The van der Waals surface area contributed by atoms with Gasteiger partial charge in [0.25, 0.3) is 0 Å². The van der Waals surface area contributed by atoms with Gasteiger partial charge < -0.3 is 17.1 Å². The Hall–Kier alpha value is -4.40. The number of halogens is 2. The molecule has 0 saturated heterocycles. The van der Waals surface area contributed by atoms with E-state index < -0.39 is 0 Å². The van der Waals surface area contributed by atoms with E-state index in [0.717, 1.165) is 19.1 Å². The van der Waals surface area contributed by atoms with Crippen molar-refractivity contribution in [1.29, 1.82) is 0 Å². The van der Waals surface area contributed by atoms with E-state index in [9.17, 15) is 0 Å². The molecule has 0 amide bonds. The summed E-state index contributed by atoms with van der Waals surface area (Å²) in [6, 6.07) is 42.2. The first-order chi connectivity index (χ1) is 22.7. The van der Waals surface area contributed by atoms with Gasteiger partial charge in [0.05, 0.1) is 11.1 Å². The van der Waals surface area contributed by atoms with Gasteiger partial charge in [-0.3, -0.25) is 0 Å². The Labute approximate surface area is 302 Å². The van der Waals surface area contributed by atoms with Gasteiger partial charge in [-0.25, -0.2) is 0 Å². The molecule has 0 bridgehead atoms. The summed E-state index contributed by atoms with van der Waals surface area (Å²) in [6.45, 7) is 7.56. The van der Waals surface area contributed by atoms with E-state index in [0.29, 0.717) is 0 Å². The van der Waals surface area contributed by atoms with Gasteiger partial charge in [0.2, 0.25) is 0 Å². The molecule has 0 aliphatic heterocycles. The minimum absolute atomic E-state index is 0. The molecule has 2 aliphatic rings. The van der Waals surface area contributed by atoms with Crippen LogP contribution in [0.4, 0.5) is 0 Å². The van der Waals surface area contributed by atoms with E-state index in [1.54, 1.807) is 0 Å². The lowest BCUT2D eigenvalue weighted by molar-refractivity contribution is -0.0000103. The fourth-order valence-corrected chi connectivity index (χ4v) is 4.83. The first-order valence-corrected chi connectivity index (χ1v) is 16.5. The fourth-order valence-electron chi connectivity index (χ4n) is 4.83. The van der Waals surface area contributed by atoms with Gasteiger partial charge in [0, 0.05) is 103 Å². The molecule has 4 aromatic rings. The Morgan fingerprint density at radius 3 is 0.958 bits per heavy atom. The van der Waals surface area contributed by atoms with Gasteiger partial charge in [-0.05, 0) is 62.4 Å². The molecule has 2 aliphatic carbocycles. The molecular weight excluding hydrogens is 627 g/mol. The fraction of sp³-hybridized carbons (Fsp3) is 0.156. The summed E-state index contributed by atoms with van der Waals surface area (Å²) in [5, 5.41) is 0. The van der Waals surface area contributed by atoms with E-state index in [2.05, 4.69) is 183 Å². The van der Waals surface area contributed by atoms with Crippen LogP contribution in [0, 0.1) is 12.8 Å². The van der Waals surface area contributed by atoms with Gasteiger partial charge in [-0.2, -0.15) is 0 Å². The molecule has 0 heterocycles. The van der Waals surface area contributed by atoms with Crippen molar-refractivity contribution in [3.8, 4) is 0 Å². The van der Waals surface area contributed by atoms with Crippen LogP contribution in [0.25, 0.3) is 11.1 Å². The number of hydrogen-bond acceptors (Lipinski definition) is 1. The first kappa shape index (κ1) is 41.6. The molecule has 4 aromatic carbocycles. The van der Waals surface area contributed by atoms with E-state index >= 15 is 0 Å². The van der Waals surface area contributed by atoms with Crippen molar-refractivity contribution in [3.05, 3.63) is 216 Å². The van der Waals surface area contributed by atoms with Crippen molar-refractivity contribution >= 4 is 22.7 Å². The van der Waals surface area contributed by atoms with Crippen LogP contribution in [0.3, 0.4) is 0 Å². The molecule has 0 saturated carbocycles. The lowest BCUT2D eigenvalue weighted by atomic mass is 9.90. The highest BCUT2D eigenvalue weighted by Crippen LogP contribution is 2.31. The summed E-state index contributed by atoms with van der Waals surface area (Å²) in [5.41, 5.74) is 10.1. The molecule has 0 unspecified atom stereocenters. The summed E-state index contributed by atoms with van der Waals surface area (Å²) in [4.78, 5) is 0. The van der Waals surface area contributed by atoms with Crippen LogP contribution in [0.1, 0.15) is 50.5 Å². The predicted molar refractivity (Wildman–Crippen MR) is 208 cm³/mol. The normalized spacial score (nSPS) is 11.7. The highest BCUT2D eigenvalue weighted by molar-refractivity contribution is 6.17. The SMILES string of the molecule is C.C1=C[CH+]C(=C(c2ccccc2)c2ccccc2)C=C1.C1=C[CH+]C(=C(c2ccccc2)c2ccccc2)C=C1.CCCl.CCOCC.[Cl-]. The maximum absolute atomic E-state index is 5.00. The number of benzene rings is 4. The smallest absolute Gasteiger partial charge is 0.105 e. The van der Waals surface area contributed by atoms with Crippen LogP contribution in [-0.2, 0) is 4.74 Å². The zero-order chi connectivity index (χ0) is 32.7. The highest BCUT2D eigenvalue weighted by atomic mass is 35.5. The van der Waals surface area contributed by atoms with Crippen molar-refractivity contribution in [3.63, 3.8) is 0 Å². The van der Waals surface area contributed by atoms with Crippen LogP contribution < -0.4 is 12.4 Å². The second kappa shape index (κ2) is 25.7. The Bertz CT molecular complexity index is 1380. The van der Waals surface area contributed by atoms with Crippen LogP contribution in [0.5, 0.6) is 0 Å². The molecule has 0 fully saturated rings. The lowest BCUT2D eigenvalue weighted by Crippen LogP contribution is -3.00. The third kappa shape index (κ3) is 14.2. The Balaban J connectivity index is 0.000000381. The van der Waals surface area contributed by atoms with Gasteiger partial charge in [0.15, 0.2) is 0 Å². The van der Waals surface area contributed by atoms with Crippen molar-refractivity contribution in [2.75, 3.05) is 19.1 Å². The molecule has 0 atom stereocenters. The average Bonchev–Trinajstić information content (AvgIpc) is 3.13. The van der Waals surface area contributed by atoms with Crippen LogP contribution in [-0.4, -0.2) is 19.1 Å². The van der Waals surface area contributed by atoms with E-state index in [1.165, 1.54) is 44.5 Å². The first-order valence-electron chi connectivity index (χ1n) is 15.9. The zero-order valence-corrected chi connectivity index (χ0v) is 29.1. The Morgan fingerprint density at radius 1 is 0.500 bits per heavy atom. The summed E-state index contributed by atoms with van der Waals surface area (Å²) >= 11 is 5.00. The topological polar surface area (TPSA) is 9.23 Å². The minimum Gasteiger partial charge on any atom is -1.00 e. The summed E-state index contributed by atoms with van der Waals surface area (Å²) in [6.07, 6.45) is 21.1. The van der Waals surface area contributed by atoms with Crippen molar-refractivity contribution in [2.24, 2.45) is 0 Å². The molecule has 1 nitrogen and oxygen atoms in total. The van der Waals surface area contributed by atoms with Crippen LogP contribution >= 0.6 is 11.6 Å². The van der Waals surface area contributed by atoms with E-state index in [-0.39, 0.29) is 19.8 Å². The number of allylic oxidation sites excluding steroid dienone is 10. The number of ether oxygens (including phenoxy) is 1. The van der Waals surface area contributed by atoms with Crippen molar-refractivity contribution in [1.82, 2.24) is 0 Å². The summed E-state index contributed by atoms with van der Waals surface area (Å²) in [7, 11) is 0. The van der Waals surface area contributed by atoms with Crippen molar-refractivity contribution in [2.45, 2.75) is 28.2 Å². The predicted octanol–water partition coefficient (Wildman–Crippen LogP) is 9.57. The number of rotatable bonds is 6. The largest absolute Gasteiger partial charge is 1.00 e. The van der Waals surface area contributed by atoms with Gasteiger partial charge in [0.1, 0.15) is 11.1 Å². The lowest BCUT2D eigenvalue weighted by Gasteiger charge is -2.08. The maximum Gasteiger partial charge on any atom is 0.105 e. The van der Waals surface area contributed by atoms with Gasteiger partial charge in [-0.1, -0.05) is 87.1 Å². The molecule has 0 aromatic heterocycles. The van der Waals surface area contributed by atoms with Gasteiger partial charge in [-0.15, -0.1) is 11.6 Å². The molecule has 0 N–H and O–H groups in total. The second-order valence-corrected chi connectivity index (χ2v) is 10.5. The average molecular weight is 677 g/mol. The van der Waals surface area contributed by atoms with E-state index in [1.807, 2.05) is 20.8 Å². The number of hydrogen-bond donors (Lipinski definition) is 0. The minimum atomic E-state index is 0. The zero-order valence-electron chi connectivity index (χ0n) is 27.6. The standard InChI is InChI=1S/2C19H15.C4H10O.C2H5Cl.CH4.ClH/c2*1-4-10-16(11-5-1)19(17-12-6-2-7-13-17)18-14-8-3-9-15-18;1-3-5-4-2;1-2-3;;/h2*1-15H;3-4H2,1-2H3;2H2,1H3;1H4;1H/q2*+1;;;;/p-1. The molecular formula is C45H49Cl2O+. The summed E-state index contributed by atoms with van der Waals surface area (Å²) in [5.74, 6) is 0.722. The molecule has 0 radical (unpaired) electrons. The molecule has 0 spiro atoms. The Morgan fingerprint density at radius 2 is 0.771 bits per heavy atom. The van der Waals surface area contributed by atoms with Crippen LogP contribution in [0.2, 0.25) is 0 Å². The van der Waals surface area contributed by atoms with E-state index in [4.69, 9.17) is 16.3 Å². The van der Waals surface area contributed by atoms with Gasteiger partial charge >= 0.3 is 0 Å². The third-order valence-electron chi connectivity index (χ3n) is 6.78. The monoisotopic (exact) mass is 675 g/mol. The highest BCUT2D eigenvalue weighted by Gasteiger charge is 2.18. The maximum atomic E-state index is 5.00. The molecule has 248 valence electrons. The van der Waals surface area contributed by atoms with Crippen molar-refractivity contribution < 1.29 is 17.1 Å². The summed E-state index contributed by atoms with van der Waals surface area (Å²) < 4.78 is 4.83. The van der Waals surface area contributed by atoms with Crippen LogP contribution in [0.15, 0.2) is 181 Å². The quantitative estimate of drug-likeness (QED) is 0.146. The number of alkyl halides is 1. The second-order valence-electron chi connectivity index (χ2n) is 9.99. The molecule has 3 heteroatoms. The Kier molecular flexibility index (Phi) is 22.3.